The summed E-state index contributed by atoms with van der Waals surface area (Å²) in [5.41, 5.74) is 9.99. The van der Waals surface area contributed by atoms with E-state index in [0.29, 0.717) is 24.3 Å². The summed E-state index contributed by atoms with van der Waals surface area (Å²) < 4.78 is 12.2. The zero-order valence-corrected chi connectivity index (χ0v) is 21.4. The SMILES string of the molecule is CC(C)(C)OC(=O)C(=[N+]=[N-])c1ccc(Oc2ccc(C(=O)N(Cl)CCc3ccccc3)cc2)c(C#N)c1. The Labute approximate surface area is 220 Å². The number of nitrogens with zero attached hydrogens (tertiary/aromatic N) is 4. The maximum atomic E-state index is 12.6. The van der Waals surface area contributed by atoms with Crippen LogP contribution in [0.1, 0.15) is 47.8 Å². The summed E-state index contributed by atoms with van der Waals surface area (Å²) in [4.78, 5) is 28.0. The van der Waals surface area contributed by atoms with Gasteiger partial charge in [-0.2, -0.15) is 10.1 Å². The topological polar surface area (TPSA) is 116 Å². The molecule has 0 unspecified atom stereocenters. The average molecular weight is 517 g/mol. The fourth-order valence-corrected chi connectivity index (χ4v) is 3.48. The van der Waals surface area contributed by atoms with E-state index in [2.05, 4.69) is 4.79 Å². The highest BCUT2D eigenvalue weighted by molar-refractivity contribution is 6.40. The molecule has 188 valence electrons. The molecule has 3 aromatic rings. The van der Waals surface area contributed by atoms with Gasteiger partial charge < -0.3 is 15.0 Å². The molecule has 0 bridgehead atoms. The maximum Gasteiger partial charge on any atom is 0.422 e. The first-order valence-electron chi connectivity index (χ1n) is 11.4. The van der Waals surface area contributed by atoms with Crippen molar-refractivity contribution in [1.82, 2.24) is 4.42 Å². The van der Waals surface area contributed by atoms with E-state index in [1.165, 1.54) is 18.2 Å². The fourth-order valence-electron chi connectivity index (χ4n) is 3.30. The lowest BCUT2D eigenvalue weighted by atomic mass is 10.1. The molecule has 0 atom stereocenters. The van der Waals surface area contributed by atoms with Crippen LogP contribution in [0.2, 0.25) is 0 Å². The third kappa shape index (κ3) is 7.52. The molecule has 0 heterocycles. The van der Waals surface area contributed by atoms with E-state index in [1.807, 2.05) is 36.4 Å². The van der Waals surface area contributed by atoms with Gasteiger partial charge >= 0.3 is 11.7 Å². The van der Waals surface area contributed by atoms with Crippen molar-refractivity contribution in [2.75, 3.05) is 6.54 Å². The predicted molar refractivity (Wildman–Crippen MR) is 138 cm³/mol. The van der Waals surface area contributed by atoms with E-state index in [4.69, 9.17) is 21.3 Å². The number of ether oxygens (including phenoxy) is 2. The Hall–Kier alpha value is -4.44. The molecular formula is C28H25ClN4O4. The van der Waals surface area contributed by atoms with E-state index in [-0.39, 0.29) is 28.5 Å². The van der Waals surface area contributed by atoms with Gasteiger partial charge in [-0.25, -0.2) is 4.79 Å². The second kappa shape index (κ2) is 12.0. The molecule has 3 rings (SSSR count). The van der Waals surface area contributed by atoms with Crippen LogP contribution in [0, 0.1) is 11.3 Å². The van der Waals surface area contributed by atoms with Gasteiger partial charge in [0.2, 0.25) is 0 Å². The van der Waals surface area contributed by atoms with Crippen molar-refractivity contribution < 1.29 is 23.9 Å². The molecular weight excluding hydrogens is 492 g/mol. The second-order valence-electron chi connectivity index (χ2n) is 9.03. The highest BCUT2D eigenvalue weighted by atomic mass is 35.5. The maximum absolute atomic E-state index is 12.6. The second-order valence-corrected chi connectivity index (χ2v) is 9.43. The van der Waals surface area contributed by atoms with E-state index in [9.17, 15) is 20.4 Å². The largest absolute Gasteiger partial charge is 0.456 e. The summed E-state index contributed by atoms with van der Waals surface area (Å²) in [6.07, 6.45) is 0.626. The first-order valence-corrected chi connectivity index (χ1v) is 11.7. The zero-order chi connectivity index (χ0) is 27.0. The summed E-state index contributed by atoms with van der Waals surface area (Å²) in [6.45, 7) is 5.41. The molecule has 3 aromatic carbocycles. The van der Waals surface area contributed by atoms with Crippen molar-refractivity contribution >= 4 is 29.4 Å². The molecule has 0 saturated heterocycles. The van der Waals surface area contributed by atoms with Gasteiger partial charge in [-0.1, -0.05) is 30.3 Å². The molecule has 0 aliphatic carbocycles. The molecule has 0 radical (unpaired) electrons. The van der Waals surface area contributed by atoms with Gasteiger partial charge in [-0.15, -0.1) is 0 Å². The molecule has 0 N–H and O–H groups in total. The van der Waals surface area contributed by atoms with Crippen LogP contribution in [0.4, 0.5) is 0 Å². The van der Waals surface area contributed by atoms with Gasteiger partial charge in [0.1, 0.15) is 23.2 Å². The number of benzene rings is 3. The Balaban J connectivity index is 1.69. The van der Waals surface area contributed by atoms with Gasteiger partial charge in [0.25, 0.3) is 5.91 Å². The molecule has 9 heteroatoms. The van der Waals surface area contributed by atoms with Crippen LogP contribution < -0.4 is 4.74 Å². The van der Waals surface area contributed by atoms with Gasteiger partial charge in [-0.3, -0.25) is 9.21 Å². The fraction of sp³-hybridized carbons (Fsp3) is 0.214. The lowest BCUT2D eigenvalue weighted by Crippen LogP contribution is -2.30. The first kappa shape index (κ1) is 27.2. The predicted octanol–water partition coefficient (Wildman–Crippen LogP) is 5.55. The number of halogens is 1. The summed E-state index contributed by atoms with van der Waals surface area (Å²) >= 11 is 6.19. The lowest BCUT2D eigenvalue weighted by Gasteiger charge is -2.17. The lowest BCUT2D eigenvalue weighted by molar-refractivity contribution is -0.150. The van der Waals surface area contributed by atoms with Crippen LogP contribution in [-0.4, -0.2) is 38.9 Å². The monoisotopic (exact) mass is 516 g/mol. The minimum absolute atomic E-state index is 0.107. The van der Waals surface area contributed by atoms with Gasteiger partial charge in [0, 0.05) is 23.9 Å². The molecule has 0 saturated carbocycles. The average Bonchev–Trinajstić information content (AvgIpc) is 2.88. The van der Waals surface area contributed by atoms with E-state index in [1.54, 1.807) is 45.0 Å². The highest BCUT2D eigenvalue weighted by Gasteiger charge is 2.30. The number of nitriles is 1. The summed E-state index contributed by atoms with van der Waals surface area (Å²) in [7, 11) is 0. The van der Waals surface area contributed by atoms with Crippen LogP contribution in [0.3, 0.4) is 0 Å². The number of carbonyl (C=O) groups excluding carboxylic acids is 2. The van der Waals surface area contributed by atoms with Crippen LogP contribution >= 0.6 is 11.8 Å². The van der Waals surface area contributed by atoms with Gasteiger partial charge in [0.15, 0.2) is 0 Å². The Morgan fingerprint density at radius 1 is 1.03 bits per heavy atom. The van der Waals surface area contributed by atoms with Crippen molar-refractivity contribution in [2.45, 2.75) is 32.8 Å². The molecule has 0 aliphatic rings. The number of rotatable bonds is 8. The summed E-state index contributed by atoms with van der Waals surface area (Å²) in [5.74, 6) is -0.572. The molecule has 0 aromatic heterocycles. The number of carbonyl (C=O) groups is 2. The third-order valence-electron chi connectivity index (χ3n) is 5.05. The highest BCUT2D eigenvalue weighted by Crippen LogP contribution is 2.27. The summed E-state index contributed by atoms with van der Waals surface area (Å²) in [6, 6.07) is 22.4. The Bertz CT molecular complexity index is 1370. The van der Waals surface area contributed by atoms with Crippen molar-refractivity contribution in [3.05, 3.63) is 101 Å². The molecule has 0 aliphatic heterocycles. The number of amides is 1. The van der Waals surface area contributed by atoms with Crippen molar-refractivity contribution in [3.8, 4) is 17.6 Å². The van der Waals surface area contributed by atoms with Crippen molar-refractivity contribution in [1.29, 1.82) is 5.26 Å². The van der Waals surface area contributed by atoms with Crippen LogP contribution in [-0.2, 0) is 16.0 Å². The molecule has 0 spiro atoms. The minimum Gasteiger partial charge on any atom is -0.456 e. The number of hydrogen-bond donors (Lipinski definition) is 0. The van der Waals surface area contributed by atoms with E-state index in [0.717, 1.165) is 9.98 Å². The standard InChI is InChI=1S/C28H25ClN4O4/c1-28(2,3)37-27(35)25(32-31)21-11-14-24(22(17-21)18-30)36-23-12-9-20(10-13-23)26(34)33(29)16-15-19-7-5-4-6-8-19/h4-14,17H,15-16H2,1-3H3. The third-order valence-corrected chi connectivity index (χ3v) is 5.38. The molecule has 8 nitrogen and oxygen atoms in total. The normalized spacial score (nSPS) is 10.6. The van der Waals surface area contributed by atoms with E-state index < -0.39 is 11.6 Å². The molecule has 1 amide bonds. The van der Waals surface area contributed by atoms with Crippen LogP contribution in [0.5, 0.6) is 11.5 Å². The van der Waals surface area contributed by atoms with Crippen LogP contribution in [0.25, 0.3) is 5.53 Å². The van der Waals surface area contributed by atoms with Crippen molar-refractivity contribution in [3.63, 3.8) is 0 Å². The number of hydrogen-bond acceptors (Lipinski definition) is 5. The van der Waals surface area contributed by atoms with Crippen LogP contribution in [0.15, 0.2) is 72.8 Å². The Morgan fingerprint density at radius 3 is 2.27 bits per heavy atom. The quantitative estimate of drug-likeness (QED) is 0.128. The van der Waals surface area contributed by atoms with E-state index >= 15 is 0 Å². The van der Waals surface area contributed by atoms with Gasteiger partial charge in [0.05, 0.1) is 11.1 Å². The zero-order valence-electron chi connectivity index (χ0n) is 20.6. The Kier molecular flexibility index (Phi) is 8.81. The minimum atomic E-state index is -0.829. The molecule has 0 fully saturated rings. The van der Waals surface area contributed by atoms with Gasteiger partial charge in [-0.05, 0) is 75.2 Å². The summed E-state index contributed by atoms with van der Waals surface area (Å²) in [5, 5.41) is 9.60. The number of esters is 1. The first-order chi connectivity index (χ1) is 17.6. The smallest absolute Gasteiger partial charge is 0.422 e. The van der Waals surface area contributed by atoms with Crippen molar-refractivity contribution in [2.24, 2.45) is 0 Å². The molecule has 37 heavy (non-hydrogen) atoms. The Morgan fingerprint density at radius 2 is 1.68 bits per heavy atom.